The van der Waals surface area contributed by atoms with Gasteiger partial charge in [-0.25, -0.2) is 8.42 Å². The number of hydrogen-bond donors (Lipinski definition) is 1. The molecule has 0 aliphatic carbocycles. The van der Waals surface area contributed by atoms with E-state index in [1.165, 1.54) is 24.3 Å². The zero-order valence-corrected chi connectivity index (χ0v) is 23.4. The molecule has 0 fully saturated rings. The summed E-state index contributed by atoms with van der Waals surface area (Å²) in [5.74, 6) is 0.671. The Bertz CT molecular complexity index is 1370. The summed E-state index contributed by atoms with van der Waals surface area (Å²) >= 11 is 6.00. The van der Waals surface area contributed by atoms with E-state index in [0.717, 1.165) is 28.5 Å². The SMILES string of the molecule is CCOc1ccccc1N(CC(=O)N[C@H]1CC(CC)(CC)Oc2ccccc21)S(=O)(=O)c1ccc(Cl)cc1. The van der Waals surface area contributed by atoms with Gasteiger partial charge >= 0.3 is 0 Å². The van der Waals surface area contributed by atoms with Gasteiger partial charge in [0.15, 0.2) is 0 Å². The molecule has 0 spiro atoms. The third kappa shape index (κ3) is 5.76. The Morgan fingerprint density at radius 3 is 2.37 bits per heavy atom. The Labute approximate surface area is 229 Å². The molecule has 0 bridgehead atoms. The summed E-state index contributed by atoms with van der Waals surface area (Å²) in [6.07, 6.45) is 2.15. The van der Waals surface area contributed by atoms with Gasteiger partial charge in [-0.1, -0.05) is 55.8 Å². The van der Waals surface area contributed by atoms with Crippen LogP contribution in [0, 0.1) is 0 Å². The Balaban J connectivity index is 1.69. The third-order valence-corrected chi connectivity index (χ3v) is 8.97. The van der Waals surface area contributed by atoms with Crippen molar-refractivity contribution in [2.24, 2.45) is 0 Å². The molecule has 1 heterocycles. The van der Waals surface area contributed by atoms with E-state index >= 15 is 0 Å². The predicted molar refractivity (Wildman–Crippen MR) is 149 cm³/mol. The number of sulfonamides is 1. The molecule has 1 atom stereocenters. The van der Waals surface area contributed by atoms with Crippen LogP contribution in [0.25, 0.3) is 0 Å². The Kier molecular flexibility index (Phi) is 8.53. The molecule has 0 saturated carbocycles. The number of carbonyl (C=O) groups is 1. The number of carbonyl (C=O) groups excluding carboxylic acids is 1. The van der Waals surface area contributed by atoms with Gasteiger partial charge in [-0.2, -0.15) is 0 Å². The molecule has 1 aliphatic rings. The van der Waals surface area contributed by atoms with Crippen LogP contribution in [0.1, 0.15) is 51.6 Å². The van der Waals surface area contributed by atoms with E-state index in [1.807, 2.05) is 31.2 Å². The highest BCUT2D eigenvalue weighted by atomic mass is 35.5. The van der Waals surface area contributed by atoms with Gasteiger partial charge in [0.1, 0.15) is 23.6 Å². The smallest absolute Gasteiger partial charge is 0.264 e. The van der Waals surface area contributed by atoms with E-state index in [-0.39, 0.29) is 16.6 Å². The first kappa shape index (κ1) is 27.8. The van der Waals surface area contributed by atoms with E-state index in [2.05, 4.69) is 19.2 Å². The van der Waals surface area contributed by atoms with Crippen LogP contribution in [-0.4, -0.2) is 33.1 Å². The number of halogens is 1. The van der Waals surface area contributed by atoms with E-state index in [4.69, 9.17) is 21.1 Å². The van der Waals surface area contributed by atoms with Gasteiger partial charge in [0.25, 0.3) is 10.0 Å². The minimum absolute atomic E-state index is 0.0217. The van der Waals surface area contributed by atoms with Crippen molar-refractivity contribution < 1.29 is 22.7 Å². The fraction of sp³-hybridized carbons (Fsp3) is 0.345. The van der Waals surface area contributed by atoms with Crippen molar-refractivity contribution in [3.05, 3.63) is 83.4 Å². The summed E-state index contributed by atoms with van der Waals surface area (Å²) in [6, 6.07) is 20.0. The Morgan fingerprint density at radius 1 is 1.03 bits per heavy atom. The highest BCUT2D eigenvalue weighted by molar-refractivity contribution is 7.92. The number of para-hydroxylation sites is 3. The molecule has 38 heavy (non-hydrogen) atoms. The molecular formula is C29H33ClN2O5S. The minimum atomic E-state index is -4.13. The van der Waals surface area contributed by atoms with Crippen LogP contribution in [0.4, 0.5) is 5.69 Å². The van der Waals surface area contributed by atoms with Crippen molar-refractivity contribution in [2.75, 3.05) is 17.5 Å². The van der Waals surface area contributed by atoms with Crippen molar-refractivity contribution >= 4 is 33.2 Å². The van der Waals surface area contributed by atoms with E-state index in [9.17, 15) is 13.2 Å². The lowest BCUT2D eigenvalue weighted by atomic mass is 9.83. The highest BCUT2D eigenvalue weighted by Crippen LogP contribution is 2.42. The van der Waals surface area contributed by atoms with Crippen molar-refractivity contribution in [3.8, 4) is 11.5 Å². The number of nitrogens with one attached hydrogen (secondary N) is 1. The number of anilines is 1. The van der Waals surface area contributed by atoms with Gasteiger partial charge in [0, 0.05) is 17.0 Å². The molecular weight excluding hydrogens is 524 g/mol. The molecule has 1 aliphatic heterocycles. The van der Waals surface area contributed by atoms with Crippen LogP contribution < -0.4 is 19.1 Å². The average molecular weight is 557 g/mol. The maximum Gasteiger partial charge on any atom is 0.264 e. The molecule has 7 nitrogen and oxygen atoms in total. The Hall–Kier alpha value is -3.23. The van der Waals surface area contributed by atoms with Gasteiger partial charge in [-0.3, -0.25) is 9.10 Å². The molecule has 1 N–H and O–H groups in total. The van der Waals surface area contributed by atoms with E-state index < -0.39 is 28.1 Å². The van der Waals surface area contributed by atoms with E-state index in [0.29, 0.717) is 23.8 Å². The van der Waals surface area contributed by atoms with Crippen LogP contribution in [0.3, 0.4) is 0 Å². The second-order valence-corrected chi connectivity index (χ2v) is 11.5. The van der Waals surface area contributed by atoms with Crippen LogP contribution in [0.15, 0.2) is 77.7 Å². The van der Waals surface area contributed by atoms with Gasteiger partial charge in [0.05, 0.1) is 23.2 Å². The van der Waals surface area contributed by atoms with Gasteiger partial charge in [-0.05, 0) is 62.2 Å². The zero-order valence-electron chi connectivity index (χ0n) is 21.8. The summed E-state index contributed by atoms with van der Waals surface area (Å²) in [5.41, 5.74) is 0.742. The lowest BCUT2D eigenvalue weighted by Crippen LogP contribution is -2.47. The first-order chi connectivity index (χ1) is 18.2. The highest BCUT2D eigenvalue weighted by Gasteiger charge is 2.39. The molecule has 9 heteroatoms. The quantitative estimate of drug-likeness (QED) is 0.324. The minimum Gasteiger partial charge on any atom is -0.492 e. The average Bonchev–Trinajstić information content (AvgIpc) is 2.92. The lowest BCUT2D eigenvalue weighted by molar-refractivity contribution is -0.121. The molecule has 4 rings (SSSR count). The van der Waals surface area contributed by atoms with Crippen LogP contribution in [0.2, 0.25) is 5.02 Å². The number of fused-ring (bicyclic) bond motifs is 1. The standard InChI is InChI=1S/C29H33ClN2O5S/c1-4-29(5-2)19-24(23-11-7-9-13-26(23)37-29)31-28(33)20-32(25-12-8-10-14-27(25)36-6-3)38(34,35)22-17-15-21(30)16-18-22/h7-18,24H,4-6,19-20H2,1-3H3,(H,31,33)/t24-/m0/s1. The van der Waals surface area contributed by atoms with Crippen LogP contribution in [-0.2, 0) is 14.8 Å². The first-order valence-electron chi connectivity index (χ1n) is 12.8. The first-order valence-corrected chi connectivity index (χ1v) is 14.6. The molecule has 0 saturated heterocycles. The number of rotatable bonds is 10. The van der Waals surface area contributed by atoms with Gasteiger partial charge in [-0.15, -0.1) is 0 Å². The monoisotopic (exact) mass is 556 g/mol. The van der Waals surface area contributed by atoms with Crippen molar-refractivity contribution in [2.45, 2.75) is 56.6 Å². The fourth-order valence-corrected chi connectivity index (χ4v) is 6.33. The summed E-state index contributed by atoms with van der Waals surface area (Å²) in [4.78, 5) is 13.6. The predicted octanol–water partition coefficient (Wildman–Crippen LogP) is 6.13. The molecule has 0 radical (unpaired) electrons. The topological polar surface area (TPSA) is 84.9 Å². The van der Waals surface area contributed by atoms with Crippen molar-refractivity contribution in [3.63, 3.8) is 0 Å². The largest absolute Gasteiger partial charge is 0.492 e. The number of hydrogen-bond acceptors (Lipinski definition) is 5. The number of benzene rings is 3. The van der Waals surface area contributed by atoms with Gasteiger partial charge in [0.2, 0.25) is 5.91 Å². The van der Waals surface area contributed by atoms with E-state index in [1.54, 1.807) is 24.3 Å². The number of nitrogens with zero attached hydrogens (tertiary/aromatic N) is 1. The second kappa shape index (κ2) is 11.7. The maximum absolute atomic E-state index is 13.8. The molecule has 0 unspecified atom stereocenters. The molecule has 0 aromatic heterocycles. The lowest BCUT2D eigenvalue weighted by Gasteiger charge is -2.41. The molecule has 3 aromatic rings. The van der Waals surface area contributed by atoms with Gasteiger partial charge < -0.3 is 14.8 Å². The molecule has 202 valence electrons. The van der Waals surface area contributed by atoms with Crippen LogP contribution >= 0.6 is 11.6 Å². The summed E-state index contributed by atoms with van der Waals surface area (Å²) in [7, 11) is -4.13. The zero-order chi connectivity index (χ0) is 27.3. The Morgan fingerprint density at radius 2 is 1.68 bits per heavy atom. The summed E-state index contributed by atoms with van der Waals surface area (Å²) in [6.45, 7) is 5.87. The van der Waals surface area contributed by atoms with Crippen LogP contribution in [0.5, 0.6) is 11.5 Å². The molecule has 1 amide bonds. The summed E-state index contributed by atoms with van der Waals surface area (Å²) < 4.78 is 40.9. The van der Waals surface area contributed by atoms with Crippen molar-refractivity contribution in [1.82, 2.24) is 5.32 Å². The fourth-order valence-electron chi connectivity index (χ4n) is 4.77. The normalized spacial score (nSPS) is 16.2. The summed E-state index contributed by atoms with van der Waals surface area (Å²) in [5, 5.41) is 3.51. The third-order valence-electron chi connectivity index (χ3n) is 6.94. The van der Waals surface area contributed by atoms with Crippen molar-refractivity contribution in [1.29, 1.82) is 0 Å². The number of ether oxygens (including phenoxy) is 2. The molecule has 3 aromatic carbocycles. The number of amides is 1. The second-order valence-electron chi connectivity index (χ2n) is 9.22. The maximum atomic E-state index is 13.8.